The molecule has 0 atom stereocenters. The molecule has 0 aliphatic carbocycles. The van der Waals surface area contributed by atoms with E-state index in [9.17, 15) is 9.90 Å². The van der Waals surface area contributed by atoms with E-state index in [1.54, 1.807) is 12.1 Å². The van der Waals surface area contributed by atoms with Gasteiger partial charge in [-0.05, 0) is 12.1 Å². The number of benzene rings is 1. The normalized spacial score (nSPS) is 10.1. The van der Waals surface area contributed by atoms with Gasteiger partial charge in [-0.2, -0.15) is 4.98 Å². The maximum absolute atomic E-state index is 11.1. The van der Waals surface area contributed by atoms with Gasteiger partial charge in [0.05, 0.1) is 18.2 Å². The summed E-state index contributed by atoms with van der Waals surface area (Å²) < 4.78 is 10.3. The zero-order valence-corrected chi connectivity index (χ0v) is 10.1. The number of methoxy groups -OCH3 is 1. The van der Waals surface area contributed by atoms with Gasteiger partial charge in [-0.15, -0.1) is 0 Å². The van der Waals surface area contributed by atoms with Crippen LogP contribution >= 0.6 is 11.6 Å². The molecule has 1 aromatic heterocycles. The average molecular weight is 269 g/mol. The molecule has 0 amide bonds. The van der Waals surface area contributed by atoms with Gasteiger partial charge in [0.1, 0.15) is 5.75 Å². The third kappa shape index (κ3) is 2.72. The SMILES string of the molecule is COc1ccc(Cl)c(Oc2nc(O)cc(=O)[nH]2)c1. The summed E-state index contributed by atoms with van der Waals surface area (Å²) in [6.45, 7) is 0. The molecule has 0 aliphatic heterocycles. The predicted octanol–water partition coefficient (Wildman–Crippen LogP) is 1.93. The van der Waals surface area contributed by atoms with Crippen molar-refractivity contribution in [3.05, 3.63) is 39.6 Å². The van der Waals surface area contributed by atoms with Gasteiger partial charge < -0.3 is 14.6 Å². The molecule has 2 rings (SSSR count). The second kappa shape index (κ2) is 4.97. The fourth-order valence-electron chi connectivity index (χ4n) is 1.26. The van der Waals surface area contributed by atoms with Crippen LogP contribution in [-0.4, -0.2) is 22.2 Å². The number of aromatic nitrogens is 2. The Morgan fingerprint density at radius 3 is 2.83 bits per heavy atom. The predicted molar refractivity (Wildman–Crippen MR) is 64.6 cm³/mol. The highest BCUT2D eigenvalue weighted by molar-refractivity contribution is 6.32. The van der Waals surface area contributed by atoms with Crippen LogP contribution in [-0.2, 0) is 0 Å². The molecular formula is C11H9ClN2O4. The Morgan fingerprint density at radius 1 is 1.39 bits per heavy atom. The molecule has 0 bridgehead atoms. The van der Waals surface area contributed by atoms with Gasteiger partial charge in [0.15, 0.2) is 5.75 Å². The molecule has 2 N–H and O–H groups in total. The Morgan fingerprint density at radius 2 is 2.17 bits per heavy atom. The van der Waals surface area contributed by atoms with Crippen LogP contribution in [0.4, 0.5) is 0 Å². The molecule has 0 unspecified atom stereocenters. The van der Waals surface area contributed by atoms with E-state index in [0.29, 0.717) is 10.8 Å². The molecule has 0 spiro atoms. The smallest absolute Gasteiger partial charge is 0.305 e. The Bertz CT molecular complexity index is 627. The van der Waals surface area contributed by atoms with E-state index in [2.05, 4.69) is 9.97 Å². The van der Waals surface area contributed by atoms with Gasteiger partial charge in [-0.25, -0.2) is 0 Å². The fraction of sp³-hybridized carbons (Fsp3) is 0.0909. The molecule has 2 aromatic rings. The number of aromatic amines is 1. The van der Waals surface area contributed by atoms with Crippen molar-refractivity contribution in [2.45, 2.75) is 0 Å². The number of nitrogens with one attached hydrogen (secondary N) is 1. The fourth-order valence-corrected chi connectivity index (χ4v) is 1.42. The molecule has 0 fully saturated rings. The van der Waals surface area contributed by atoms with Crippen LogP contribution in [0, 0.1) is 0 Å². The number of H-pyrrole nitrogens is 1. The van der Waals surface area contributed by atoms with Crippen molar-refractivity contribution in [2.75, 3.05) is 7.11 Å². The van der Waals surface area contributed by atoms with Crippen molar-refractivity contribution in [1.82, 2.24) is 9.97 Å². The van der Waals surface area contributed by atoms with Crippen molar-refractivity contribution in [2.24, 2.45) is 0 Å². The quantitative estimate of drug-likeness (QED) is 0.888. The van der Waals surface area contributed by atoms with Crippen LogP contribution < -0.4 is 15.0 Å². The summed E-state index contributed by atoms with van der Waals surface area (Å²) >= 11 is 5.92. The molecule has 7 heteroatoms. The molecule has 94 valence electrons. The van der Waals surface area contributed by atoms with Crippen molar-refractivity contribution in [1.29, 1.82) is 0 Å². The highest BCUT2D eigenvalue weighted by Crippen LogP contribution is 2.31. The highest BCUT2D eigenvalue weighted by atomic mass is 35.5. The second-order valence-electron chi connectivity index (χ2n) is 3.31. The summed E-state index contributed by atoms with van der Waals surface area (Å²) in [6, 6.07) is 5.55. The lowest BCUT2D eigenvalue weighted by atomic mass is 10.3. The Hall–Kier alpha value is -2.21. The summed E-state index contributed by atoms with van der Waals surface area (Å²) in [5.41, 5.74) is -0.531. The molecule has 0 radical (unpaired) electrons. The van der Waals surface area contributed by atoms with E-state index in [1.807, 2.05) is 0 Å². The van der Waals surface area contributed by atoms with Crippen LogP contribution in [0.2, 0.25) is 5.02 Å². The first kappa shape index (κ1) is 12.3. The lowest BCUT2D eigenvalue weighted by Crippen LogP contribution is -2.06. The molecule has 1 aromatic carbocycles. The average Bonchev–Trinajstić information content (AvgIpc) is 2.30. The van der Waals surface area contributed by atoms with Gasteiger partial charge in [0, 0.05) is 6.07 Å². The zero-order chi connectivity index (χ0) is 13.1. The molecule has 0 aliphatic rings. The molecule has 0 saturated carbocycles. The number of halogens is 1. The molecule has 0 saturated heterocycles. The third-order valence-corrected chi connectivity index (χ3v) is 2.36. The zero-order valence-electron chi connectivity index (χ0n) is 9.31. The van der Waals surface area contributed by atoms with Crippen LogP contribution in [0.1, 0.15) is 0 Å². The minimum atomic E-state index is -0.531. The first-order chi connectivity index (χ1) is 8.58. The minimum Gasteiger partial charge on any atom is -0.497 e. The van der Waals surface area contributed by atoms with E-state index in [1.165, 1.54) is 13.2 Å². The third-order valence-electron chi connectivity index (χ3n) is 2.05. The van der Waals surface area contributed by atoms with E-state index in [0.717, 1.165) is 6.07 Å². The number of nitrogens with zero attached hydrogens (tertiary/aromatic N) is 1. The lowest BCUT2D eigenvalue weighted by Gasteiger charge is -2.07. The lowest BCUT2D eigenvalue weighted by molar-refractivity contribution is 0.393. The standard InChI is InChI=1S/C11H9ClN2O4/c1-17-6-2-3-7(12)8(4-6)18-11-13-9(15)5-10(16)14-11/h2-5H,1H3,(H2,13,14,15,16). The summed E-state index contributed by atoms with van der Waals surface area (Å²) in [5.74, 6) is 0.356. The first-order valence-electron chi connectivity index (χ1n) is 4.90. The van der Waals surface area contributed by atoms with Crippen LogP contribution in [0.3, 0.4) is 0 Å². The summed E-state index contributed by atoms with van der Waals surface area (Å²) in [6.07, 6.45) is 0. The maximum Gasteiger partial charge on any atom is 0.305 e. The van der Waals surface area contributed by atoms with E-state index in [4.69, 9.17) is 21.1 Å². The Kier molecular flexibility index (Phi) is 3.38. The van der Waals surface area contributed by atoms with Crippen molar-refractivity contribution in [3.8, 4) is 23.4 Å². The van der Waals surface area contributed by atoms with Crippen molar-refractivity contribution in [3.63, 3.8) is 0 Å². The monoisotopic (exact) mass is 268 g/mol. The number of hydrogen-bond donors (Lipinski definition) is 2. The van der Waals surface area contributed by atoms with Crippen LogP contribution in [0.25, 0.3) is 0 Å². The molecule has 18 heavy (non-hydrogen) atoms. The van der Waals surface area contributed by atoms with Gasteiger partial charge in [-0.3, -0.25) is 9.78 Å². The number of rotatable bonds is 3. The van der Waals surface area contributed by atoms with E-state index >= 15 is 0 Å². The summed E-state index contributed by atoms with van der Waals surface area (Å²) in [7, 11) is 1.50. The highest BCUT2D eigenvalue weighted by Gasteiger charge is 2.08. The second-order valence-corrected chi connectivity index (χ2v) is 3.71. The van der Waals surface area contributed by atoms with E-state index < -0.39 is 11.4 Å². The van der Waals surface area contributed by atoms with E-state index in [-0.39, 0.29) is 11.8 Å². The van der Waals surface area contributed by atoms with Crippen LogP contribution in [0.15, 0.2) is 29.1 Å². The van der Waals surface area contributed by atoms with Gasteiger partial charge in [0.2, 0.25) is 5.88 Å². The molecule has 6 nitrogen and oxygen atoms in total. The van der Waals surface area contributed by atoms with Crippen molar-refractivity contribution < 1.29 is 14.6 Å². The van der Waals surface area contributed by atoms with Gasteiger partial charge in [-0.1, -0.05) is 11.6 Å². The number of aromatic hydroxyl groups is 1. The molecular weight excluding hydrogens is 260 g/mol. The van der Waals surface area contributed by atoms with Crippen molar-refractivity contribution >= 4 is 11.6 Å². The topological polar surface area (TPSA) is 84.4 Å². The summed E-state index contributed by atoms with van der Waals surface area (Å²) in [5, 5.41) is 9.49. The minimum absolute atomic E-state index is 0.157. The van der Waals surface area contributed by atoms with Gasteiger partial charge >= 0.3 is 6.01 Å². The largest absolute Gasteiger partial charge is 0.497 e. The maximum atomic E-state index is 11.1. The Labute approximate surface area is 107 Å². The first-order valence-corrected chi connectivity index (χ1v) is 5.28. The van der Waals surface area contributed by atoms with Crippen LogP contribution in [0.5, 0.6) is 23.4 Å². The number of ether oxygens (including phenoxy) is 2. The molecule has 1 heterocycles. The number of hydrogen-bond acceptors (Lipinski definition) is 5. The Balaban J connectivity index is 2.36. The summed E-state index contributed by atoms with van der Waals surface area (Å²) in [4.78, 5) is 17.0. The van der Waals surface area contributed by atoms with Gasteiger partial charge in [0.25, 0.3) is 5.56 Å².